The molecule has 1 fully saturated rings. The molecule has 1 saturated heterocycles. The Balaban J connectivity index is 0.00000261. The minimum atomic E-state index is 0. The van der Waals surface area contributed by atoms with Gasteiger partial charge in [0.25, 0.3) is 0 Å². The average Bonchev–Trinajstić information content (AvgIpc) is 3.16. The number of anilines is 1. The van der Waals surface area contributed by atoms with E-state index in [1.807, 2.05) is 30.3 Å². The lowest BCUT2D eigenvalue weighted by atomic mass is 10.1. The van der Waals surface area contributed by atoms with Gasteiger partial charge in [-0.05, 0) is 43.2 Å². The van der Waals surface area contributed by atoms with Gasteiger partial charge in [0.2, 0.25) is 0 Å². The highest BCUT2D eigenvalue weighted by atomic mass is 127. The molecule has 1 atom stereocenters. The summed E-state index contributed by atoms with van der Waals surface area (Å²) in [6.45, 7) is 5.52. The number of hydrogen-bond acceptors (Lipinski definition) is 3. The maximum Gasteiger partial charge on any atom is 0.191 e. The molecule has 0 saturated carbocycles. The second-order valence-corrected chi connectivity index (χ2v) is 6.42. The summed E-state index contributed by atoms with van der Waals surface area (Å²) in [6.07, 6.45) is 1.09. The predicted octanol–water partition coefficient (Wildman–Crippen LogP) is 3.51. The molecule has 0 aliphatic carbocycles. The van der Waals surface area contributed by atoms with Crippen molar-refractivity contribution in [3.8, 4) is 6.07 Å². The molecule has 0 spiro atoms. The van der Waals surface area contributed by atoms with Crippen LogP contribution in [-0.2, 0) is 6.54 Å². The van der Waals surface area contributed by atoms with Gasteiger partial charge >= 0.3 is 0 Å². The molecule has 0 bridgehead atoms. The molecule has 5 nitrogen and oxygen atoms in total. The summed E-state index contributed by atoms with van der Waals surface area (Å²) >= 11 is 0. The Bertz CT molecular complexity index is 767. The number of nitriles is 1. The van der Waals surface area contributed by atoms with Crippen LogP contribution in [0.3, 0.4) is 0 Å². The summed E-state index contributed by atoms with van der Waals surface area (Å²) < 4.78 is 0. The third-order valence-corrected chi connectivity index (χ3v) is 4.50. The Hall–Kier alpha value is -2.27. The zero-order chi connectivity index (χ0) is 18.2. The van der Waals surface area contributed by atoms with E-state index in [0.717, 1.165) is 37.6 Å². The van der Waals surface area contributed by atoms with Crippen LogP contribution < -0.4 is 15.5 Å². The zero-order valence-corrected chi connectivity index (χ0v) is 17.9. The monoisotopic (exact) mass is 475 g/mol. The summed E-state index contributed by atoms with van der Waals surface area (Å²) in [5, 5.41) is 15.8. The first-order chi connectivity index (χ1) is 12.8. The largest absolute Gasteiger partial charge is 0.369 e. The minimum Gasteiger partial charge on any atom is -0.369 e. The van der Waals surface area contributed by atoms with Crippen LogP contribution in [0, 0.1) is 11.3 Å². The Morgan fingerprint density at radius 3 is 2.59 bits per heavy atom. The van der Waals surface area contributed by atoms with E-state index in [4.69, 9.17) is 10.3 Å². The van der Waals surface area contributed by atoms with Gasteiger partial charge in [-0.25, -0.2) is 4.99 Å². The second kappa shape index (κ2) is 10.8. The molecule has 1 heterocycles. The summed E-state index contributed by atoms with van der Waals surface area (Å²) in [6, 6.07) is 20.6. The normalized spacial score (nSPS) is 16.4. The number of guanidine groups is 1. The summed E-state index contributed by atoms with van der Waals surface area (Å²) in [5.41, 5.74) is 3.05. The molecule has 3 rings (SSSR count). The fourth-order valence-corrected chi connectivity index (χ4v) is 3.12. The minimum absolute atomic E-state index is 0. The molecular weight excluding hydrogens is 449 g/mol. The van der Waals surface area contributed by atoms with Crippen molar-refractivity contribution in [2.75, 3.05) is 24.5 Å². The molecule has 2 aromatic carbocycles. The summed E-state index contributed by atoms with van der Waals surface area (Å²) in [4.78, 5) is 7.10. The van der Waals surface area contributed by atoms with Crippen LogP contribution in [0.15, 0.2) is 59.6 Å². The first-order valence-corrected chi connectivity index (χ1v) is 9.12. The SMILES string of the molecule is CCNC(=NCc1ccc(C#N)cc1)NC1CCN(c2ccccc2)C1.I. The van der Waals surface area contributed by atoms with Crippen molar-refractivity contribution in [1.29, 1.82) is 5.26 Å². The van der Waals surface area contributed by atoms with Gasteiger partial charge in [0.1, 0.15) is 0 Å². The van der Waals surface area contributed by atoms with Crippen molar-refractivity contribution >= 4 is 35.6 Å². The molecule has 1 unspecified atom stereocenters. The maximum absolute atomic E-state index is 8.88. The van der Waals surface area contributed by atoms with Crippen molar-refractivity contribution in [2.24, 2.45) is 4.99 Å². The molecule has 1 aliphatic heterocycles. The topological polar surface area (TPSA) is 63.5 Å². The number of nitrogens with zero attached hydrogens (tertiary/aromatic N) is 3. The van der Waals surface area contributed by atoms with E-state index in [0.29, 0.717) is 18.2 Å². The molecule has 6 heteroatoms. The smallest absolute Gasteiger partial charge is 0.191 e. The predicted molar refractivity (Wildman–Crippen MR) is 122 cm³/mol. The van der Waals surface area contributed by atoms with Crippen molar-refractivity contribution in [2.45, 2.75) is 25.9 Å². The molecule has 1 aliphatic rings. The van der Waals surface area contributed by atoms with Gasteiger partial charge in [-0.15, -0.1) is 24.0 Å². The van der Waals surface area contributed by atoms with E-state index >= 15 is 0 Å². The lowest BCUT2D eigenvalue weighted by molar-refractivity contribution is 0.649. The van der Waals surface area contributed by atoms with Gasteiger partial charge in [0.05, 0.1) is 18.2 Å². The maximum atomic E-state index is 8.88. The van der Waals surface area contributed by atoms with Gasteiger partial charge < -0.3 is 15.5 Å². The Morgan fingerprint density at radius 2 is 1.93 bits per heavy atom. The number of hydrogen-bond donors (Lipinski definition) is 2. The number of benzene rings is 2. The molecule has 0 radical (unpaired) electrons. The summed E-state index contributed by atoms with van der Waals surface area (Å²) in [7, 11) is 0. The van der Waals surface area contributed by atoms with Crippen LogP contribution in [0.2, 0.25) is 0 Å². The van der Waals surface area contributed by atoms with E-state index in [-0.39, 0.29) is 24.0 Å². The van der Waals surface area contributed by atoms with Crippen LogP contribution >= 0.6 is 24.0 Å². The van der Waals surface area contributed by atoms with Crippen LogP contribution in [0.4, 0.5) is 5.69 Å². The molecule has 142 valence electrons. The van der Waals surface area contributed by atoms with Gasteiger partial charge in [0, 0.05) is 31.4 Å². The van der Waals surface area contributed by atoms with E-state index in [1.54, 1.807) is 0 Å². The molecule has 27 heavy (non-hydrogen) atoms. The van der Waals surface area contributed by atoms with E-state index < -0.39 is 0 Å². The van der Waals surface area contributed by atoms with Crippen LogP contribution in [0.1, 0.15) is 24.5 Å². The summed E-state index contributed by atoms with van der Waals surface area (Å²) in [5.74, 6) is 0.844. The molecule has 2 N–H and O–H groups in total. The van der Waals surface area contributed by atoms with E-state index in [2.05, 4.69) is 52.8 Å². The van der Waals surface area contributed by atoms with Crippen LogP contribution in [-0.4, -0.2) is 31.6 Å². The highest BCUT2D eigenvalue weighted by molar-refractivity contribution is 14.0. The Labute approximate surface area is 178 Å². The molecular formula is C21H26IN5. The second-order valence-electron chi connectivity index (χ2n) is 6.42. The third-order valence-electron chi connectivity index (χ3n) is 4.50. The number of para-hydroxylation sites is 1. The van der Waals surface area contributed by atoms with Crippen molar-refractivity contribution in [3.63, 3.8) is 0 Å². The van der Waals surface area contributed by atoms with Crippen molar-refractivity contribution in [1.82, 2.24) is 10.6 Å². The van der Waals surface area contributed by atoms with Crippen molar-refractivity contribution in [3.05, 3.63) is 65.7 Å². The molecule has 2 aromatic rings. The lowest BCUT2D eigenvalue weighted by Crippen LogP contribution is -2.44. The standard InChI is InChI=1S/C21H25N5.HI/c1-2-23-21(24-15-18-10-8-17(14-22)9-11-18)25-19-12-13-26(16-19)20-6-4-3-5-7-20;/h3-11,19H,2,12-13,15-16H2,1H3,(H2,23,24,25);1H. The number of nitrogens with one attached hydrogen (secondary N) is 2. The highest BCUT2D eigenvalue weighted by Crippen LogP contribution is 2.19. The highest BCUT2D eigenvalue weighted by Gasteiger charge is 2.23. The quantitative estimate of drug-likeness (QED) is 0.395. The number of aliphatic imine (C=N–C) groups is 1. The molecule has 0 amide bonds. The van der Waals surface area contributed by atoms with Gasteiger partial charge in [-0.1, -0.05) is 30.3 Å². The third kappa shape index (κ3) is 6.14. The van der Waals surface area contributed by atoms with Gasteiger partial charge in [-0.2, -0.15) is 5.26 Å². The molecule has 0 aromatic heterocycles. The first-order valence-electron chi connectivity index (χ1n) is 9.12. The van der Waals surface area contributed by atoms with Gasteiger partial charge in [0.15, 0.2) is 5.96 Å². The number of halogens is 1. The Kier molecular flexibility index (Phi) is 8.40. The fourth-order valence-electron chi connectivity index (χ4n) is 3.12. The lowest BCUT2D eigenvalue weighted by Gasteiger charge is -2.20. The Morgan fingerprint density at radius 1 is 1.19 bits per heavy atom. The number of rotatable bonds is 5. The first kappa shape index (κ1) is 21.0. The fraction of sp³-hybridized carbons (Fsp3) is 0.333. The zero-order valence-electron chi connectivity index (χ0n) is 15.6. The average molecular weight is 475 g/mol. The van der Waals surface area contributed by atoms with Crippen molar-refractivity contribution < 1.29 is 0 Å². The van der Waals surface area contributed by atoms with E-state index in [9.17, 15) is 0 Å². The van der Waals surface area contributed by atoms with E-state index in [1.165, 1.54) is 5.69 Å². The van der Waals surface area contributed by atoms with Crippen LogP contribution in [0.5, 0.6) is 0 Å². The van der Waals surface area contributed by atoms with Gasteiger partial charge in [-0.3, -0.25) is 0 Å². The van der Waals surface area contributed by atoms with Crippen LogP contribution in [0.25, 0.3) is 0 Å².